The first-order chi connectivity index (χ1) is 9.54. The van der Waals surface area contributed by atoms with Crippen LogP contribution in [0.4, 0.5) is 4.39 Å². The van der Waals surface area contributed by atoms with Crippen molar-refractivity contribution in [3.63, 3.8) is 0 Å². The molecule has 1 aliphatic heterocycles. The van der Waals surface area contributed by atoms with Crippen LogP contribution in [-0.4, -0.2) is 37.0 Å². The number of halogens is 2. The lowest BCUT2D eigenvalue weighted by Crippen LogP contribution is -2.43. The fourth-order valence-corrected chi connectivity index (χ4v) is 2.62. The molecule has 0 N–H and O–H groups in total. The van der Waals surface area contributed by atoms with E-state index in [2.05, 4.69) is 0 Å². The van der Waals surface area contributed by atoms with Crippen LogP contribution in [0.15, 0.2) is 18.2 Å². The third-order valence-corrected chi connectivity index (χ3v) is 3.73. The average Bonchev–Trinajstić information content (AvgIpc) is 2.46. The Morgan fingerprint density at radius 3 is 2.85 bits per heavy atom. The molecule has 0 bridgehead atoms. The summed E-state index contributed by atoms with van der Waals surface area (Å²) in [6.07, 6.45) is 1.35. The minimum absolute atomic E-state index is 0.0789. The Labute approximate surface area is 121 Å². The van der Waals surface area contributed by atoms with Gasteiger partial charge in [0.15, 0.2) is 0 Å². The number of carbonyl (C=O) groups excluding carboxylic acids is 2. The van der Waals surface area contributed by atoms with Crippen molar-refractivity contribution in [2.75, 3.05) is 20.2 Å². The van der Waals surface area contributed by atoms with E-state index in [1.54, 1.807) is 0 Å². The van der Waals surface area contributed by atoms with Crippen molar-refractivity contribution in [1.29, 1.82) is 0 Å². The summed E-state index contributed by atoms with van der Waals surface area (Å²) in [5, 5.41) is 0.0789. The summed E-state index contributed by atoms with van der Waals surface area (Å²) >= 11 is 5.89. The Morgan fingerprint density at radius 2 is 2.20 bits per heavy atom. The van der Waals surface area contributed by atoms with Crippen LogP contribution in [0.1, 0.15) is 23.2 Å². The van der Waals surface area contributed by atoms with Crippen molar-refractivity contribution in [3.8, 4) is 0 Å². The molecule has 0 radical (unpaired) electrons. The maximum atomic E-state index is 13.8. The van der Waals surface area contributed by atoms with Gasteiger partial charge in [-0.05, 0) is 25.0 Å². The Morgan fingerprint density at radius 1 is 1.45 bits per heavy atom. The molecule has 1 saturated heterocycles. The number of esters is 1. The zero-order chi connectivity index (χ0) is 14.7. The lowest BCUT2D eigenvalue weighted by atomic mass is 9.97. The Balaban J connectivity index is 2.19. The highest BCUT2D eigenvalue weighted by Crippen LogP contribution is 2.24. The predicted octanol–water partition coefficient (Wildman–Crippen LogP) is 2.50. The molecule has 4 nitrogen and oxygen atoms in total. The van der Waals surface area contributed by atoms with Crippen LogP contribution in [0.2, 0.25) is 5.02 Å². The number of likely N-dealkylation sites (tertiary alicyclic amines) is 1. The van der Waals surface area contributed by atoms with Gasteiger partial charge in [0, 0.05) is 13.1 Å². The number of ether oxygens (including phenoxy) is 1. The van der Waals surface area contributed by atoms with Gasteiger partial charge in [0.1, 0.15) is 5.82 Å². The van der Waals surface area contributed by atoms with Gasteiger partial charge < -0.3 is 9.64 Å². The first kappa shape index (κ1) is 14.8. The van der Waals surface area contributed by atoms with Gasteiger partial charge in [0.05, 0.1) is 23.6 Å². The number of hydrogen-bond acceptors (Lipinski definition) is 3. The summed E-state index contributed by atoms with van der Waals surface area (Å²) < 4.78 is 18.4. The van der Waals surface area contributed by atoms with Crippen molar-refractivity contribution in [2.24, 2.45) is 5.92 Å². The fraction of sp³-hybridized carbons (Fsp3) is 0.429. The average molecular weight is 300 g/mol. The number of piperidine rings is 1. The zero-order valence-corrected chi connectivity index (χ0v) is 11.8. The van der Waals surface area contributed by atoms with E-state index < -0.39 is 11.7 Å². The molecule has 1 heterocycles. The highest BCUT2D eigenvalue weighted by molar-refractivity contribution is 6.33. The summed E-state index contributed by atoms with van der Waals surface area (Å²) in [6, 6.07) is 4.11. The molecule has 20 heavy (non-hydrogen) atoms. The molecule has 1 amide bonds. The lowest BCUT2D eigenvalue weighted by molar-refractivity contribution is -0.146. The summed E-state index contributed by atoms with van der Waals surface area (Å²) in [4.78, 5) is 25.3. The van der Waals surface area contributed by atoms with Gasteiger partial charge in [-0.3, -0.25) is 9.59 Å². The molecule has 2 rings (SSSR count). The van der Waals surface area contributed by atoms with Crippen molar-refractivity contribution in [1.82, 2.24) is 4.90 Å². The number of amides is 1. The van der Waals surface area contributed by atoms with Gasteiger partial charge in [-0.25, -0.2) is 4.39 Å². The van der Waals surface area contributed by atoms with Gasteiger partial charge in [0.25, 0.3) is 5.91 Å². The molecule has 0 aliphatic carbocycles. The highest BCUT2D eigenvalue weighted by Gasteiger charge is 2.31. The lowest BCUT2D eigenvalue weighted by Gasteiger charge is -2.31. The normalized spacial score (nSPS) is 18.8. The van der Waals surface area contributed by atoms with E-state index in [0.717, 1.165) is 0 Å². The topological polar surface area (TPSA) is 46.6 Å². The number of hydrogen-bond donors (Lipinski definition) is 0. The number of methoxy groups -OCH3 is 1. The van der Waals surface area contributed by atoms with E-state index in [9.17, 15) is 14.0 Å². The van der Waals surface area contributed by atoms with Crippen LogP contribution in [-0.2, 0) is 9.53 Å². The standard InChI is InChI=1S/C14H15ClFNO3/c1-20-14(19)9-4-3-7-17(8-9)13(18)12-10(15)5-2-6-11(12)16/h2,5-6,9H,3-4,7-8H2,1H3/t9-/m0/s1. The van der Waals surface area contributed by atoms with Gasteiger partial charge >= 0.3 is 5.97 Å². The fourth-order valence-electron chi connectivity index (χ4n) is 2.38. The first-order valence-corrected chi connectivity index (χ1v) is 6.73. The van der Waals surface area contributed by atoms with E-state index in [4.69, 9.17) is 16.3 Å². The van der Waals surface area contributed by atoms with E-state index in [0.29, 0.717) is 19.4 Å². The molecular weight excluding hydrogens is 285 g/mol. The third kappa shape index (κ3) is 2.93. The van der Waals surface area contributed by atoms with Gasteiger partial charge in [-0.15, -0.1) is 0 Å². The monoisotopic (exact) mass is 299 g/mol. The largest absolute Gasteiger partial charge is 0.469 e. The van der Waals surface area contributed by atoms with E-state index in [1.807, 2.05) is 0 Å². The van der Waals surface area contributed by atoms with E-state index >= 15 is 0 Å². The molecule has 1 aromatic carbocycles. The first-order valence-electron chi connectivity index (χ1n) is 6.35. The minimum Gasteiger partial charge on any atom is -0.469 e. The molecule has 108 valence electrons. The molecule has 1 aliphatic rings. The second kappa shape index (κ2) is 6.22. The molecule has 0 aromatic heterocycles. The van der Waals surface area contributed by atoms with Gasteiger partial charge in [-0.1, -0.05) is 17.7 Å². The molecule has 1 fully saturated rings. The number of nitrogens with zero attached hydrogens (tertiary/aromatic N) is 1. The summed E-state index contributed by atoms with van der Waals surface area (Å²) in [6.45, 7) is 0.715. The maximum absolute atomic E-state index is 13.8. The number of carbonyl (C=O) groups is 2. The van der Waals surface area contributed by atoms with Crippen LogP contribution in [0.3, 0.4) is 0 Å². The van der Waals surface area contributed by atoms with Crippen LogP contribution < -0.4 is 0 Å². The Bertz CT molecular complexity index is 515. The molecule has 1 atom stereocenters. The van der Waals surface area contributed by atoms with Crippen molar-refractivity contribution < 1.29 is 18.7 Å². The van der Waals surface area contributed by atoms with Crippen molar-refractivity contribution in [3.05, 3.63) is 34.6 Å². The SMILES string of the molecule is COC(=O)[C@H]1CCCN(C(=O)c2c(F)cccc2Cl)C1. The molecule has 0 unspecified atom stereocenters. The van der Waals surface area contributed by atoms with E-state index in [-0.39, 0.29) is 29.0 Å². The highest BCUT2D eigenvalue weighted by atomic mass is 35.5. The van der Waals surface area contributed by atoms with Crippen LogP contribution in [0.5, 0.6) is 0 Å². The predicted molar refractivity (Wildman–Crippen MR) is 72.1 cm³/mol. The second-order valence-electron chi connectivity index (χ2n) is 4.71. The maximum Gasteiger partial charge on any atom is 0.310 e. The molecule has 6 heteroatoms. The molecule has 1 aromatic rings. The summed E-state index contributed by atoms with van der Waals surface area (Å²) in [5.74, 6) is -1.84. The summed E-state index contributed by atoms with van der Waals surface area (Å²) in [5.41, 5.74) is -0.139. The Hall–Kier alpha value is -1.62. The number of benzene rings is 1. The van der Waals surface area contributed by atoms with Crippen LogP contribution in [0, 0.1) is 11.7 Å². The van der Waals surface area contributed by atoms with Gasteiger partial charge in [0.2, 0.25) is 0 Å². The second-order valence-corrected chi connectivity index (χ2v) is 5.12. The smallest absolute Gasteiger partial charge is 0.310 e. The molecular formula is C14H15ClFNO3. The van der Waals surface area contributed by atoms with E-state index in [1.165, 1.54) is 30.2 Å². The van der Waals surface area contributed by atoms with Gasteiger partial charge in [-0.2, -0.15) is 0 Å². The summed E-state index contributed by atoms with van der Waals surface area (Å²) in [7, 11) is 1.32. The van der Waals surface area contributed by atoms with Crippen molar-refractivity contribution >= 4 is 23.5 Å². The quantitative estimate of drug-likeness (QED) is 0.788. The Kier molecular flexibility index (Phi) is 4.60. The van der Waals surface area contributed by atoms with Crippen LogP contribution >= 0.6 is 11.6 Å². The van der Waals surface area contributed by atoms with Crippen LogP contribution in [0.25, 0.3) is 0 Å². The zero-order valence-electron chi connectivity index (χ0n) is 11.1. The minimum atomic E-state index is -0.650. The van der Waals surface area contributed by atoms with Crippen molar-refractivity contribution in [2.45, 2.75) is 12.8 Å². The number of rotatable bonds is 2. The third-order valence-electron chi connectivity index (χ3n) is 3.42. The molecule has 0 saturated carbocycles. The molecule has 0 spiro atoms.